The highest BCUT2D eigenvalue weighted by molar-refractivity contribution is 6.35. The van der Waals surface area contributed by atoms with Crippen molar-refractivity contribution in [2.24, 2.45) is 0 Å². The van der Waals surface area contributed by atoms with Gasteiger partial charge in [-0.3, -0.25) is 0 Å². The number of hydrogen-bond acceptors (Lipinski definition) is 1. The molecule has 3 aromatic rings. The van der Waals surface area contributed by atoms with Crippen LogP contribution < -0.4 is 5.32 Å². The molecule has 0 aliphatic rings. The quantitative estimate of drug-likeness (QED) is 0.321. The Balaban J connectivity index is 1.62. The molecular formula is C24H30Cl2N2. The van der Waals surface area contributed by atoms with Crippen molar-refractivity contribution < 1.29 is 0 Å². The molecule has 0 amide bonds. The second-order valence-corrected chi connectivity index (χ2v) is 8.32. The SMILES string of the molecule is CCCCCCCCNCc1cn(Cc2ccc(Cl)cc2Cl)c2ccccc12. The van der Waals surface area contributed by atoms with Gasteiger partial charge in [-0.05, 0) is 42.3 Å². The molecule has 28 heavy (non-hydrogen) atoms. The number of halogens is 2. The van der Waals surface area contributed by atoms with E-state index in [1.54, 1.807) is 0 Å². The third kappa shape index (κ3) is 5.76. The number of benzene rings is 2. The molecule has 1 N–H and O–H groups in total. The summed E-state index contributed by atoms with van der Waals surface area (Å²) in [6.45, 7) is 4.98. The summed E-state index contributed by atoms with van der Waals surface area (Å²) < 4.78 is 2.28. The zero-order valence-corrected chi connectivity index (χ0v) is 18.2. The number of nitrogens with zero attached hydrogens (tertiary/aromatic N) is 1. The van der Waals surface area contributed by atoms with Gasteiger partial charge >= 0.3 is 0 Å². The van der Waals surface area contributed by atoms with E-state index in [2.05, 4.69) is 47.3 Å². The maximum atomic E-state index is 6.39. The van der Waals surface area contributed by atoms with Crippen LogP contribution in [0.25, 0.3) is 10.9 Å². The summed E-state index contributed by atoms with van der Waals surface area (Å²) in [6, 6.07) is 14.3. The Morgan fingerprint density at radius 1 is 0.893 bits per heavy atom. The topological polar surface area (TPSA) is 17.0 Å². The standard InChI is InChI=1S/C24H30Cl2N2/c1-2-3-4-5-6-9-14-27-16-20-18-28(24-11-8-7-10-22(20)24)17-19-12-13-21(25)15-23(19)26/h7-8,10-13,15,18,27H,2-6,9,14,16-17H2,1H3. The smallest absolute Gasteiger partial charge is 0.0491 e. The molecule has 0 saturated heterocycles. The first-order chi connectivity index (χ1) is 13.7. The van der Waals surface area contributed by atoms with E-state index in [1.807, 2.05) is 18.2 Å². The fourth-order valence-electron chi connectivity index (χ4n) is 3.68. The Kier molecular flexibility index (Phi) is 8.27. The van der Waals surface area contributed by atoms with E-state index >= 15 is 0 Å². The van der Waals surface area contributed by atoms with Crippen molar-refractivity contribution in [3.63, 3.8) is 0 Å². The second kappa shape index (κ2) is 10.9. The van der Waals surface area contributed by atoms with Gasteiger partial charge in [-0.15, -0.1) is 0 Å². The lowest BCUT2D eigenvalue weighted by molar-refractivity contribution is 0.572. The molecular weight excluding hydrogens is 387 g/mol. The van der Waals surface area contributed by atoms with Gasteiger partial charge in [0.05, 0.1) is 0 Å². The highest BCUT2D eigenvalue weighted by Crippen LogP contribution is 2.26. The number of rotatable bonds is 11. The molecule has 0 atom stereocenters. The number of aromatic nitrogens is 1. The normalized spacial score (nSPS) is 11.4. The van der Waals surface area contributed by atoms with E-state index in [4.69, 9.17) is 23.2 Å². The van der Waals surface area contributed by atoms with Crippen molar-refractivity contribution in [3.05, 3.63) is 69.8 Å². The molecule has 0 radical (unpaired) electrons. The second-order valence-electron chi connectivity index (χ2n) is 7.48. The number of fused-ring (bicyclic) bond motifs is 1. The van der Waals surface area contributed by atoms with Gasteiger partial charge in [0.25, 0.3) is 0 Å². The Morgan fingerprint density at radius 2 is 1.68 bits per heavy atom. The number of hydrogen-bond donors (Lipinski definition) is 1. The van der Waals surface area contributed by atoms with Gasteiger partial charge in [0, 0.05) is 40.2 Å². The lowest BCUT2D eigenvalue weighted by Crippen LogP contribution is -2.14. The van der Waals surface area contributed by atoms with E-state index in [9.17, 15) is 0 Å². The average molecular weight is 417 g/mol. The average Bonchev–Trinajstić information content (AvgIpc) is 3.04. The van der Waals surface area contributed by atoms with Gasteiger partial charge in [-0.2, -0.15) is 0 Å². The van der Waals surface area contributed by atoms with Crippen molar-refractivity contribution in [1.29, 1.82) is 0 Å². The zero-order chi connectivity index (χ0) is 19.8. The Morgan fingerprint density at radius 3 is 2.50 bits per heavy atom. The minimum Gasteiger partial charge on any atom is -0.343 e. The predicted molar refractivity (Wildman–Crippen MR) is 123 cm³/mol. The summed E-state index contributed by atoms with van der Waals surface area (Å²) in [5.41, 5.74) is 3.66. The van der Waals surface area contributed by atoms with Gasteiger partial charge in [-0.25, -0.2) is 0 Å². The lowest BCUT2D eigenvalue weighted by Gasteiger charge is -2.08. The van der Waals surface area contributed by atoms with Crippen LogP contribution >= 0.6 is 23.2 Å². The summed E-state index contributed by atoms with van der Waals surface area (Å²) in [5, 5.41) is 6.32. The molecule has 0 fully saturated rings. The van der Waals surface area contributed by atoms with Crippen molar-refractivity contribution in [3.8, 4) is 0 Å². The maximum absolute atomic E-state index is 6.39. The summed E-state index contributed by atoms with van der Waals surface area (Å²) >= 11 is 12.4. The predicted octanol–water partition coefficient (Wildman–Crippen LogP) is 7.45. The fourth-order valence-corrected chi connectivity index (χ4v) is 4.15. The maximum Gasteiger partial charge on any atom is 0.0491 e. The number of unbranched alkanes of at least 4 members (excludes halogenated alkanes) is 5. The minimum absolute atomic E-state index is 0.672. The van der Waals surface area contributed by atoms with Gasteiger partial charge in [0.1, 0.15) is 0 Å². The van der Waals surface area contributed by atoms with Crippen LogP contribution in [0, 0.1) is 0 Å². The van der Waals surface area contributed by atoms with Crippen LogP contribution in [0.15, 0.2) is 48.7 Å². The summed E-state index contributed by atoms with van der Waals surface area (Å²) in [6.07, 6.45) is 10.2. The lowest BCUT2D eigenvalue weighted by atomic mass is 10.1. The van der Waals surface area contributed by atoms with E-state index < -0.39 is 0 Å². The van der Waals surface area contributed by atoms with Crippen molar-refractivity contribution >= 4 is 34.1 Å². The van der Waals surface area contributed by atoms with Crippen LogP contribution in [-0.4, -0.2) is 11.1 Å². The van der Waals surface area contributed by atoms with E-state index in [-0.39, 0.29) is 0 Å². The molecule has 4 heteroatoms. The fraction of sp³-hybridized carbons (Fsp3) is 0.417. The van der Waals surface area contributed by atoms with Gasteiger partial charge in [0.15, 0.2) is 0 Å². The van der Waals surface area contributed by atoms with E-state index in [1.165, 1.54) is 55.0 Å². The van der Waals surface area contributed by atoms with Gasteiger partial charge in [-0.1, -0.05) is 86.5 Å². The summed E-state index contributed by atoms with van der Waals surface area (Å²) in [4.78, 5) is 0. The molecule has 0 saturated carbocycles. The summed E-state index contributed by atoms with van der Waals surface area (Å²) in [7, 11) is 0. The Bertz CT molecular complexity index is 885. The van der Waals surface area contributed by atoms with Crippen molar-refractivity contribution in [2.75, 3.05) is 6.54 Å². The molecule has 0 spiro atoms. The molecule has 0 unspecified atom stereocenters. The molecule has 2 aromatic carbocycles. The highest BCUT2D eigenvalue weighted by Gasteiger charge is 2.10. The third-order valence-corrected chi connectivity index (χ3v) is 5.84. The van der Waals surface area contributed by atoms with Crippen LogP contribution in [0.1, 0.15) is 56.6 Å². The minimum atomic E-state index is 0.672. The molecule has 1 heterocycles. The van der Waals surface area contributed by atoms with Gasteiger partial charge in [0.2, 0.25) is 0 Å². The number of nitrogens with one attached hydrogen (secondary N) is 1. The highest BCUT2D eigenvalue weighted by atomic mass is 35.5. The molecule has 0 aliphatic carbocycles. The first kappa shape index (κ1) is 21.2. The van der Waals surface area contributed by atoms with Crippen LogP contribution in [0.5, 0.6) is 0 Å². The molecule has 2 nitrogen and oxygen atoms in total. The monoisotopic (exact) mass is 416 g/mol. The van der Waals surface area contributed by atoms with Crippen LogP contribution in [0.3, 0.4) is 0 Å². The van der Waals surface area contributed by atoms with Crippen LogP contribution in [0.4, 0.5) is 0 Å². The molecule has 150 valence electrons. The molecule has 3 rings (SSSR count). The molecule has 0 bridgehead atoms. The number of para-hydroxylation sites is 1. The van der Waals surface area contributed by atoms with Crippen LogP contribution in [-0.2, 0) is 13.1 Å². The first-order valence-electron chi connectivity index (χ1n) is 10.4. The van der Waals surface area contributed by atoms with E-state index in [0.29, 0.717) is 10.0 Å². The Hall–Kier alpha value is -1.48. The van der Waals surface area contributed by atoms with Gasteiger partial charge < -0.3 is 9.88 Å². The van der Waals surface area contributed by atoms with Crippen LogP contribution in [0.2, 0.25) is 10.0 Å². The third-order valence-electron chi connectivity index (χ3n) is 5.25. The van der Waals surface area contributed by atoms with E-state index in [0.717, 1.165) is 25.2 Å². The summed E-state index contributed by atoms with van der Waals surface area (Å²) in [5.74, 6) is 0. The molecule has 0 aliphatic heterocycles. The largest absolute Gasteiger partial charge is 0.343 e. The zero-order valence-electron chi connectivity index (χ0n) is 16.7. The van der Waals surface area contributed by atoms with Crippen molar-refractivity contribution in [1.82, 2.24) is 9.88 Å². The first-order valence-corrected chi connectivity index (χ1v) is 11.2. The Labute approximate surface area is 178 Å². The molecule has 1 aromatic heterocycles. The van der Waals surface area contributed by atoms with Crippen molar-refractivity contribution in [2.45, 2.75) is 58.5 Å².